The van der Waals surface area contributed by atoms with Crippen molar-refractivity contribution in [2.45, 2.75) is 44.9 Å². The Morgan fingerprint density at radius 3 is 2.87 bits per heavy atom. The van der Waals surface area contributed by atoms with Gasteiger partial charge < -0.3 is 14.2 Å². The highest BCUT2D eigenvalue weighted by Crippen LogP contribution is 2.43. The minimum absolute atomic E-state index is 0.0729. The van der Waals surface area contributed by atoms with Crippen LogP contribution in [0.1, 0.15) is 38.4 Å². The first-order valence-corrected chi connectivity index (χ1v) is 11.1. The number of pyridine rings is 1. The van der Waals surface area contributed by atoms with Crippen LogP contribution in [0.15, 0.2) is 43.1 Å². The predicted octanol–water partition coefficient (Wildman–Crippen LogP) is 4.15. The van der Waals surface area contributed by atoms with E-state index in [1.54, 1.807) is 7.11 Å². The third-order valence-corrected chi connectivity index (χ3v) is 6.54. The summed E-state index contributed by atoms with van der Waals surface area (Å²) in [6.45, 7) is 9.69. The molecule has 0 amide bonds. The summed E-state index contributed by atoms with van der Waals surface area (Å²) < 4.78 is 17.1. The number of carbonyl (C=O) groups excluding carboxylic acids is 1. The summed E-state index contributed by atoms with van der Waals surface area (Å²) in [6, 6.07) is 8.08. The van der Waals surface area contributed by atoms with E-state index in [1.165, 1.54) is 6.42 Å². The largest absolute Gasteiger partial charge is 0.497 e. The number of nitrogens with zero attached hydrogens (tertiary/aromatic N) is 2. The molecule has 0 spiro atoms. The van der Waals surface area contributed by atoms with E-state index in [0.29, 0.717) is 11.8 Å². The van der Waals surface area contributed by atoms with Gasteiger partial charge in [-0.2, -0.15) is 0 Å². The van der Waals surface area contributed by atoms with E-state index >= 15 is 0 Å². The number of rotatable bonds is 8. The molecular formula is C25H32N2O4. The molecule has 0 saturated carbocycles. The van der Waals surface area contributed by atoms with Gasteiger partial charge in [-0.25, -0.2) is 4.79 Å². The number of fused-ring (bicyclic) bond motifs is 4. The van der Waals surface area contributed by atoms with Crippen LogP contribution in [0.4, 0.5) is 0 Å². The zero-order valence-electron chi connectivity index (χ0n) is 18.6. The molecular weight excluding hydrogens is 392 g/mol. The van der Waals surface area contributed by atoms with Crippen LogP contribution in [0.2, 0.25) is 0 Å². The minimum atomic E-state index is -0.337. The zero-order chi connectivity index (χ0) is 22.0. The van der Waals surface area contributed by atoms with E-state index in [0.717, 1.165) is 41.7 Å². The lowest BCUT2D eigenvalue weighted by Gasteiger charge is -2.51. The van der Waals surface area contributed by atoms with Gasteiger partial charge in [-0.3, -0.25) is 9.88 Å². The summed E-state index contributed by atoms with van der Waals surface area (Å²) in [5, 5.41) is 0.993. The Morgan fingerprint density at radius 2 is 2.19 bits per heavy atom. The molecule has 5 atom stereocenters. The van der Waals surface area contributed by atoms with E-state index in [2.05, 4.69) is 22.5 Å². The maximum absolute atomic E-state index is 12.3. The average Bonchev–Trinajstić information content (AvgIpc) is 2.78. The lowest BCUT2D eigenvalue weighted by atomic mass is 9.73. The fourth-order valence-corrected chi connectivity index (χ4v) is 5.08. The molecule has 0 aliphatic carbocycles. The molecule has 2 aromatic rings. The number of hydrogen-bond acceptors (Lipinski definition) is 6. The quantitative estimate of drug-likeness (QED) is 0.469. The maximum atomic E-state index is 12.3. The van der Waals surface area contributed by atoms with Gasteiger partial charge in [-0.1, -0.05) is 6.08 Å². The SMILES string of the molecule is C=C[C@H]1CN2CC[C@H]1C[C@H]2[C@H](OCC(=O)OC(C)C)c1ccnc2ccc(OC)cc12. The molecule has 6 heteroatoms. The highest BCUT2D eigenvalue weighted by molar-refractivity contribution is 5.84. The summed E-state index contributed by atoms with van der Waals surface area (Å²) >= 11 is 0. The van der Waals surface area contributed by atoms with E-state index in [-0.39, 0.29) is 30.8 Å². The van der Waals surface area contributed by atoms with Gasteiger partial charge >= 0.3 is 5.97 Å². The Kier molecular flexibility index (Phi) is 6.58. The summed E-state index contributed by atoms with van der Waals surface area (Å²) in [7, 11) is 1.66. The van der Waals surface area contributed by atoms with Crippen molar-refractivity contribution in [1.29, 1.82) is 0 Å². The highest BCUT2D eigenvalue weighted by atomic mass is 16.6. The third kappa shape index (κ3) is 4.60. The molecule has 31 heavy (non-hydrogen) atoms. The van der Waals surface area contributed by atoms with Crippen LogP contribution in [0.3, 0.4) is 0 Å². The normalized spacial score (nSPS) is 26.1. The zero-order valence-corrected chi connectivity index (χ0v) is 18.6. The molecule has 2 bridgehead atoms. The molecule has 3 saturated heterocycles. The number of piperidine rings is 3. The van der Waals surface area contributed by atoms with E-state index in [4.69, 9.17) is 14.2 Å². The summed E-state index contributed by atoms with van der Waals surface area (Å²) in [5.41, 5.74) is 1.92. The van der Waals surface area contributed by atoms with Crippen molar-refractivity contribution in [3.05, 3.63) is 48.7 Å². The predicted molar refractivity (Wildman–Crippen MR) is 120 cm³/mol. The number of hydrogen-bond donors (Lipinski definition) is 0. The Bertz CT molecular complexity index is 944. The topological polar surface area (TPSA) is 60.9 Å². The first-order chi connectivity index (χ1) is 15.0. The molecule has 5 rings (SSSR count). The number of benzene rings is 1. The van der Waals surface area contributed by atoms with Crippen LogP contribution < -0.4 is 4.74 Å². The van der Waals surface area contributed by atoms with Gasteiger partial charge in [-0.05, 0) is 74.9 Å². The van der Waals surface area contributed by atoms with Gasteiger partial charge in [0.25, 0.3) is 0 Å². The lowest BCUT2D eigenvalue weighted by molar-refractivity contribution is -0.158. The molecule has 0 N–H and O–H groups in total. The fraction of sp³-hybridized carbons (Fsp3) is 0.520. The van der Waals surface area contributed by atoms with Crippen molar-refractivity contribution in [3.8, 4) is 5.75 Å². The second kappa shape index (κ2) is 9.37. The van der Waals surface area contributed by atoms with Crippen molar-refractivity contribution in [3.63, 3.8) is 0 Å². The van der Waals surface area contributed by atoms with Gasteiger partial charge in [0, 0.05) is 24.2 Å². The van der Waals surface area contributed by atoms with E-state index in [9.17, 15) is 4.79 Å². The van der Waals surface area contributed by atoms with Gasteiger partial charge in [0.2, 0.25) is 0 Å². The monoisotopic (exact) mass is 424 g/mol. The fourth-order valence-electron chi connectivity index (χ4n) is 5.08. The van der Waals surface area contributed by atoms with Crippen LogP contribution in [0.5, 0.6) is 5.75 Å². The molecule has 1 aromatic carbocycles. The van der Waals surface area contributed by atoms with Crippen LogP contribution in [0, 0.1) is 11.8 Å². The first kappa shape index (κ1) is 21.8. The van der Waals surface area contributed by atoms with Gasteiger partial charge in [0.1, 0.15) is 12.4 Å². The van der Waals surface area contributed by atoms with Crippen molar-refractivity contribution >= 4 is 16.9 Å². The molecule has 0 radical (unpaired) electrons. The Balaban J connectivity index is 1.69. The van der Waals surface area contributed by atoms with E-state index in [1.807, 2.05) is 44.3 Å². The number of esters is 1. The van der Waals surface area contributed by atoms with Crippen LogP contribution in [0.25, 0.3) is 10.9 Å². The van der Waals surface area contributed by atoms with Crippen molar-refractivity contribution in [2.75, 3.05) is 26.8 Å². The molecule has 4 heterocycles. The molecule has 3 aliphatic heterocycles. The van der Waals surface area contributed by atoms with Crippen molar-refractivity contribution < 1.29 is 19.0 Å². The van der Waals surface area contributed by atoms with Crippen molar-refractivity contribution in [1.82, 2.24) is 9.88 Å². The second-order valence-corrected chi connectivity index (χ2v) is 8.80. The Labute approximate surface area is 184 Å². The average molecular weight is 425 g/mol. The third-order valence-electron chi connectivity index (χ3n) is 6.54. The minimum Gasteiger partial charge on any atom is -0.497 e. The Morgan fingerprint density at radius 1 is 1.35 bits per heavy atom. The lowest BCUT2D eigenvalue weighted by Crippen LogP contribution is -2.55. The number of aromatic nitrogens is 1. The highest BCUT2D eigenvalue weighted by Gasteiger charge is 2.43. The second-order valence-electron chi connectivity index (χ2n) is 8.80. The number of methoxy groups -OCH3 is 1. The summed E-state index contributed by atoms with van der Waals surface area (Å²) in [5.74, 6) is 1.56. The Hall–Kier alpha value is -2.44. The van der Waals surface area contributed by atoms with Gasteiger partial charge in [0.05, 0.1) is 24.8 Å². The van der Waals surface area contributed by atoms with E-state index < -0.39 is 0 Å². The molecule has 1 aromatic heterocycles. The number of carbonyl (C=O) groups is 1. The molecule has 6 nitrogen and oxygen atoms in total. The molecule has 3 aliphatic rings. The summed E-state index contributed by atoms with van der Waals surface area (Å²) in [4.78, 5) is 19.3. The van der Waals surface area contributed by atoms with Crippen LogP contribution in [-0.2, 0) is 14.3 Å². The standard InChI is InChI=1S/C25H32N2O4/c1-5-17-14-27-11-9-18(17)12-23(27)25(30-15-24(28)31-16(2)3)20-8-10-26-22-7-6-19(29-4)13-21(20)22/h5-8,10,13,16-18,23,25H,1,9,11-12,14-15H2,2-4H3/t17-,18-,23-,25+/m0/s1. The van der Waals surface area contributed by atoms with Crippen LogP contribution in [-0.4, -0.2) is 54.8 Å². The number of ether oxygens (including phenoxy) is 3. The molecule has 1 unspecified atom stereocenters. The molecule has 3 fully saturated rings. The van der Waals surface area contributed by atoms with Gasteiger partial charge in [-0.15, -0.1) is 6.58 Å². The molecule has 166 valence electrons. The van der Waals surface area contributed by atoms with Crippen LogP contribution >= 0.6 is 0 Å². The van der Waals surface area contributed by atoms with Gasteiger partial charge in [0.15, 0.2) is 0 Å². The smallest absolute Gasteiger partial charge is 0.332 e. The van der Waals surface area contributed by atoms with Crippen molar-refractivity contribution in [2.24, 2.45) is 11.8 Å². The summed E-state index contributed by atoms with van der Waals surface area (Å²) in [6.07, 6.45) is 5.69. The first-order valence-electron chi connectivity index (χ1n) is 11.1. The maximum Gasteiger partial charge on any atom is 0.332 e.